The minimum Gasteiger partial charge on any atom is -0.405 e. The van der Waals surface area contributed by atoms with E-state index in [1.165, 1.54) is 0 Å². The van der Waals surface area contributed by atoms with E-state index in [0.717, 1.165) is 12.8 Å². The second-order valence-corrected chi connectivity index (χ2v) is 12.6. The van der Waals surface area contributed by atoms with Crippen molar-refractivity contribution in [2.24, 2.45) is 11.8 Å². The van der Waals surface area contributed by atoms with Gasteiger partial charge >= 0.3 is 0 Å². The van der Waals surface area contributed by atoms with Crippen molar-refractivity contribution in [2.75, 3.05) is 0 Å². The van der Waals surface area contributed by atoms with Gasteiger partial charge in [0.05, 0.1) is 0 Å². The smallest absolute Gasteiger partial charge is 0.193 e. The Bertz CT molecular complexity index is 328. The van der Waals surface area contributed by atoms with Crippen molar-refractivity contribution < 1.29 is 9.22 Å². The number of carbonyl (C=O) groups excluding carboxylic acids is 1. The number of carbonyl (C=O) groups is 1. The second-order valence-electron chi connectivity index (χ2n) is 7.85. The molecule has 2 atom stereocenters. The Morgan fingerprint density at radius 2 is 1.83 bits per heavy atom. The van der Waals surface area contributed by atoms with Gasteiger partial charge in [-0.15, -0.1) is 0 Å². The molecule has 0 saturated heterocycles. The van der Waals surface area contributed by atoms with E-state index in [1.54, 1.807) is 0 Å². The third-order valence-corrected chi connectivity index (χ3v) is 9.45. The summed E-state index contributed by atoms with van der Waals surface area (Å²) in [7, 11) is -1.87. The first-order chi connectivity index (χ1) is 7.91. The number of Topliss-reactive ketones (excluding diaryl/α,β-unsaturated/α-hetero) is 1. The Balaban J connectivity index is 2.88. The molecule has 0 N–H and O–H groups in total. The first-order valence-corrected chi connectivity index (χ1v) is 10.1. The summed E-state index contributed by atoms with van der Waals surface area (Å²) >= 11 is 0. The topological polar surface area (TPSA) is 26.3 Å². The standard InChI is InChI=1S/C15H30O2Si/c1-11(2)12-9-10-15(6,13(12)16)17-18(7,8)14(3,4)5/h11-12H,9-10H2,1-8H3/t12-,15+/m1/s1. The molecular formula is C15H30O2Si. The molecule has 0 aliphatic heterocycles. The Morgan fingerprint density at radius 3 is 2.17 bits per heavy atom. The van der Waals surface area contributed by atoms with Crippen molar-refractivity contribution >= 4 is 14.1 Å². The Morgan fingerprint density at radius 1 is 1.33 bits per heavy atom. The van der Waals surface area contributed by atoms with Crippen molar-refractivity contribution in [1.29, 1.82) is 0 Å². The Labute approximate surface area is 114 Å². The summed E-state index contributed by atoms with van der Waals surface area (Å²) in [5.74, 6) is 0.962. The van der Waals surface area contributed by atoms with Gasteiger partial charge in [-0.2, -0.15) is 0 Å². The highest BCUT2D eigenvalue weighted by molar-refractivity contribution is 6.74. The molecule has 1 aliphatic rings. The number of hydrogen-bond donors (Lipinski definition) is 0. The third-order valence-electron chi connectivity index (χ3n) is 4.88. The van der Waals surface area contributed by atoms with E-state index in [0.29, 0.717) is 11.7 Å². The summed E-state index contributed by atoms with van der Waals surface area (Å²) in [6.45, 7) is 17.4. The van der Waals surface area contributed by atoms with Gasteiger partial charge in [0, 0.05) is 5.92 Å². The zero-order chi connectivity index (χ0) is 14.4. The lowest BCUT2D eigenvalue weighted by Gasteiger charge is -2.42. The molecule has 3 heteroatoms. The molecule has 0 spiro atoms. The van der Waals surface area contributed by atoms with Crippen LogP contribution in [0, 0.1) is 11.8 Å². The van der Waals surface area contributed by atoms with E-state index < -0.39 is 13.9 Å². The highest BCUT2D eigenvalue weighted by Gasteiger charge is 2.51. The minimum atomic E-state index is -1.87. The van der Waals surface area contributed by atoms with Gasteiger partial charge in [0.1, 0.15) is 5.60 Å². The average Bonchev–Trinajstić information content (AvgIpc) is 2.40. The summed E-state index contributed by atoms with van der Waals surface area (Å²) in [4.78, 5) is 12.6. The third kappa shape index (κ3) is 2.88. The van der Waals surface area contributed by atoms with E-state index in [9.17, 15) is 4.79 Å². The van der Waals surface area contributed by atoms with Gasteiger partial charge < -0.3 is 4.43 Å². The highest BCUT2D eigenvalue weighted by atomic mass is 28.4. The van der Waals surface area contributed by atoms with Crippen molar-refractivity contribution in [3.63, 3.8) is 0 Å². The summed E-state index contributed by atoms with van der Waals surface area (Å²) in [6.07, 6.45) is 1.88. The molecule has 0 heterocycles. The van der Waals surface area contributed by atoms with Crippen LogP contribution < -0.4 is 0 Å². The molecule has 0 aromatic heterocycles. The first kappa shape index (κ1) is 15.9. The molecule has 1 aliphatic carbocycles. The van der Waals surface area contributed by atoms with Crippen LogP contribution in [0.25, 0.3) is 0 Å². The van der Waals surface area contributed by atoms with Gasteiger partial charge in [0.25, 0.3) is 0 Å². The molecule has 0 aromatic carbocycles. The second kappa shape index (κ2) is 4.75. The summed E-state index contributed by atoms with van der Waals surface area (Å²) < 4.78 is 6.43. The molecule has 0 aromatic rings. The Kier molecular flexibility index (Phi) is 4.20. The molecule has 106 valence electrons. The van der Waals surface area contributed by atoms with Gasteiger partial charge in [-0.3, -0.25) is 4.79 Å². The summed E-state index contributed by atoms with van der Waals surface area (Å²) in [5.41, 5.74) is -0.530. The summed E-state index contributed by atoms with van der Waals surface area (Å²) in [5, 5.41) is 0.159. The van der Waals surface area contributed by atoms with Crippen LogP contribution in [0.3, 0.4) is 0 Å². The van der Waals surface area contributed by atoms with Gasteiger partial charge in [-0.25, -0.2) is 0 Å². The van der Waals surface area contributed by atoms with Crippen LogP contribution in [0.5, 0.6) is 0 Å². The van der Waals surface area contributed by atoms with Gasteiger partial charge in [0.2, 0.25) is 0 Å². The lowest BCUT2D eigenvalue weighted by Crippen LogP contribution is -2.51. The maximum atomic E-state index is 12.6. The first-order valence-electron chi connectivity index (χ1n) is 7.15. The lowest BCUT2D eigenvalue weighted by molar-refractivity contribution is -0.134. The number of hydrogen-bond acceptors (Lipinski definition) is 2. The van der Waals surface area contributed by atoms with Crippen molar-refractivity contribution in [1.82, 2.24) is 0 Å². The SMILES string of the molecule is CC(C)[C@H]1CC[C@](C)(O[Si](C)(C)C(C)(C)C)C1=O. The maximum Gasteiger partial charge on any atom is 0.193 e. The largest absolute Gasteiger partial charge is 0.405 e. The fourth-order valence-electron chi connectivity index (χ4n) is 2.53. The van der Waals surface area contributed by atoms with Crippen LogP contribution >= 0.6 is 0 Å². The monoisotopic (exact) mass is 270 g/mol. The van der Waals surface area contributed by atoms with Gasteiger partial charge in [-0.05, 0) is 43.8 Å². The molecule has 1 saturated carbocycles. The minimum absolute atomic E-state index is 0.159. The normalized spacial score (nSPS) is 30.3. The Hall–Kier alpha value is -0.153. The fraction of sp³-hybridized carbons (Fsp3) is 0.933. The van der Waals surface area contributed by atoms with Crippen LogP contribution in [0.4, 0.5) is 0 Å². The fourth-order valence-corrected chi connectivity index (χ4v) is 4.17. The van der Waals surface area contributed by atoms with Crippen molar-refractivity contribution in [3.05, 3.63) is 0 Å². The van der Waals surface area contributed by atoms with E-state index in [-0.39, 0.29) is 11.0 Å². The molecule has 2 nitrogen and oxygen atoms in total. The van der Waals surface area contributed by atoms with E-state index in [4.69, 9.17) is 4.43 Å². The van der Waals surface area contributed by atoms with Crippen LogP contribution in [0.15, 0.2) is 0 Å². The highest BCUT2D eigenvalue weighted by Crippen LogP contribution is 2.44. The molecule has 1 rings (SSSR count). The number of rotatable bonds is 3. The van der Waals surface area contributed by atoms with Crippen LogP contribution in [0.2, 0.25) is 18.1 Å². The predicted molar refractivity (Wildman–Crippen MR) is 79.3 cm³/mol. The molecule has 0 radical (unpaired) electrons. The molecule has 1 fully saturated rings. The molecule has 0 amide bonds. The van der Waals surface area contributed by atoms with Crippen LogP contribution in [-0.2, 0) is 9.22 Å². The molecule has 0 bridgehead atoms. The molecular weight excluding hydrogens is 240 g/mol. The number of ketones is 1. The van der Waals surface area contributed by atoms with E-state index in [2.05, 4.69) is 47.7 Å². The average molecular weight is 270 g/mol. The van der Waals surface area contributed by atoms with Crippen LogP contribution in [-0.4, -0.2) is 19.7 Å². The van der Waals surface area contributed by atoms with Gasteiger partial charge in [-0.1, -0.05) is 34.6 Å². The molecule has 0 unspecified atom stereocenters. The molecule has 18 heavy (non-hydrogen) atoms. The zero-order valence-electron chi connectivity index (χ0n) is 13.4. The van der Waals surface area contributed by atoms with Gasteiger partial charge in [0.15, 0.2) is 14.1 Å². The lowest BCUT2D eigenvalue weighted by atomic mass is 9.91. The van der Waals surface area contributed by atoms with Crippen molar-refractivity contribution in [3.8, 4) is 0 Å². The van der Waals surface area contributed by atoms with Crippen molar-refractivity contribution in [2.45, 2.75) is 78.1 Å². The van der Waals surface area contributed by atoms with E-state index in [1.807, 2.05) is 6.92 Å². The predicted octanol–water partition coefficient (Wildman–Crippen LogP) is 4.40. The van der Waals surface area contributed by atoms with E-state index >= 15 is 0 Å². The van der Waals surface area contributed by atoms with Crippen LogP contribution in [0.1, 0.15) is 54.4 Å². The zero-order valence-corrected chi connectivity index (χ0v) is 14.4. The maximum absolute atomic E-state index is 12.6. The quantitative estimate of drug-likeness (QED) is 0.710. The summed E-state index contributed by atoms with van der Waals surface area (Å²) in [6, 6.07) is 0.